The van der Waals surface area contributed by atoms with Gasteiger partial charge in [-0.05, 0) is 6.92 Å². The van der Waals surface area contributed by atoms with E-state index in [4.69, 9.17) is 14.2 Å². The van der Waals surface area contributed by atoms with Gasteiger partial charge in [0.25, 0.3) is 0 Å². The zero-order valence-electron chi connectivity index (χ0n) is 8.40. The molecule has 0 aromatic heterocycles. The average molecular weight is 200 g/mol. The molecule has 0 saturated carbocycles. The van der Waals surface area contributed by atoms with Crippen LogP contribution in [0.3, 0.4) is 0 Å². The molecule has 0 aromatic rings. The maximum absolute atomic E-state index is 11.1. The quantitative estimate of drug-likeness (QED) is 0.256. The first-order valence-electron chi connectivity index (χ1n) is 4.30. The van der Waals surface area contributed by atoms with Crippen molar-refractivity contribution in [2.24, 2.45) is 0 Å². The van der Waals surface area contributed by atoms with E-state index in [-0.39, 0.29) is 13.4 Å². The van der Waals surface area contributed by atoms with Crippen LogP contribution in [0, 0.1) is 0 Å². The van der Waals surface area contributed by atoms with Crippen LogP contribution in [0.1, 0.15) is 6.92 Å². The molecule has 0 aromatic carbocycles. The van der Waals surface area contributed by atoms with Crippen molar-refractivity contribution < 1.29 is 19.0 Å². The van der Waals surface area contributed by atoms with Gasteiger partial charge >= 0.3 is 5.97 Å². The van der Waals surface area contributed by atoms with Gasteiger partial charge in [-0.1, -0.05) is 18.7 Å². The molecule has 1 atom stereocenters. The molecule has 0 spiro atoms. The maximum Gasteiger partial charge on any atom is 0.335 e. The lowest BCUT2D eigenvalue weighted by molar-refractivity contribution is -0.163. The fraction of sp³-hybridized carbons (Fsp3) is 0.500. The summed E-state index contributed by atoms with van der Waals surface area (Å²) in [5, 5.41) is 0. The zero-order valence-corrected chi connectivity index (χ0v) is 8.40. The van der Waals surface area contributed by atoms with Gasteiger partial charge in [0.15, 0.2) is 6.10 Å². The number of hydrogen-bond donors (Lipinski definition) is 0. The van der Waals surface area contributed by atoms with Crippen LogP contribution in [0.2, 0.25) is 0 Å². The Morgan fingerprint density at radius 3 is 2.57 bits per heavy atom. The van der Waals surface area contributed by atoms with Crippen molar-refractivity contribution in [3.8, 4) is 0 Å². The Morgan fingerprint density at radius 2 is 2.00 bits per heavy atom. The molecular weight excluding hydrogens is 184 g/mol. The van der Waals surface area contributed by atoms with Gasteiger partial charge in [-0.25, -0.2) is 4.79 Å². The lowest BCUT2D eigenvalue weighted by Crippen LogP contribution is -2.24. The Hall–Kier alpha value is -1.13. The standard InChI is InChI=1S/C10H16O4/c1-4-6-12-8-14-9(3)10(11)13-7-5-2/h4-5,9H,1-2,6-8H2,3H3. The van der Waals surface area contributed by atoms with Crippen molar-refractivity contribution in [3.05, 3.63) is 25.3 Å². The van der Waals surface area contributed by atoms with Crippen LogP contribution in [-0.2, 0) is 19.0 Å². The largest absolute Gasteiger partial charge is 0.460 e. The zero-order chi connectivity index (χ0) is 10.8. The highest BCUT2D eigenvalue weighted by atomic mass is 16.7. The summed E-state index contributed by atoms with van der Waals surface area (Å²) >= 11 is 0. The summed E-state index contributed by atoms with van der Waals surface area (Å²) in [6, 6.07) is 0. The van der Waals surface area contributed by atoms with Crippen LogP contribution >= 0.6 is 0 Å². The summed E-state index contributed by atoms with van der Waals surface area (Å²) in [5.41, 5.74) is 0. The summed E-state index contributed by atoms with van der Waals surface area (Å²) in [6.07, 6.45) is 2.47. The third-order valence-corrected chi connectivity index (χ3v) is 1.31. The van der Waals surface area contributed by atoms with E-state index >= 15 is 0 Å². The molecule has 0 heterocycles. The number of carbonyl (C=O) groups excluding carboxylic acids is 1. The highest BCUT2D eigenvalue weighted by Gasteiger charge is 2.13. The minimum atomic E-state index is -0.625. The molecule has 0 amide bonds. The van der Waals surface area contributed by atoms with Crippen molar-refractivity contribution in [1.82, 2.24) is 0 Å². The molecule has 4 heteroatoms. The monoisotopic (exact) mass is 200 g/mol. The molecule has 0 rings (SSSR count). The smallest absolute Gasteiger partial charge is 0.335 e. The molecule has 0 aliphatic carbocycles. The van der Waals surface area contributed by atoms with Crippen molar-refractivity contribution in [1.29, 1.82) is 0 Å². The second-order valence-corrected chi connectivity index (χ2v) is 2.50. The predicted octanol–water partition coefficient (Wildman–Crippen LogP) is 1.28. The molecule has 4 nitrogen and oxygen atoms in total. The van der Waals surface area contributed by atoms with Gasteiger partial charge in [0, 0.05) is 0 Å². The second-order valence-electron chi connectivity index (χ2n) is 2.50. The molecule has 0 bridgehead atoms. The molecule has 0 N–H and O–H groups in total. The molecular formula is C10H16O4. The molecule has 1 unspecified atom stereocenters. The summed E-state index contributed by atoms with van der Waals surface area (Å²) in [5.74, 6) is -0.424. The highest BCUT2D eigenvalue weighted by molar-refractivity contribution is 5.74. The van der Waals surface area contributed by atoms with Crippen LogP contribution in [0.4, 0.5) is 0 Å². The highest BCUT2D eigenvalue weighted by Crippen LogP contribution is 1.95. The van der Waals surface area contributed by atoms with Crippen LogP contribution < -0.4 is 0 Å². The fourth-order valence-electron chi connectivity index (χ4n) is 0.608. The molecule has 0 aliphatic rings. The number of ether oxygens (including phenoxy) is 3. The van der Waals surface area contributed by atoms with Gasteiger partial charge in [0.2, 0.25) is 0 Å². The van der Waals surface area contributed by atoms with E-state index in [1.165, 1.54) is 6.08 Å². The van der Waals surface area contributed by atoms with E-state index in [1.807, 2.05) is 0 Å². The average Bonchev–Trinajstić information content (AvgIpc) is 2.20. The first-order chi connectivity index (χ1) is 6.72. The lowest BCUT2D eigenvalue weighted by Gasteiger charge is -2.11. The van der Waals surface area contributed by atoms with Gasteiger partial charge in [-0.3, -0.25) is 0 Å². The number of carbonyl (C=O) groups is 1. The van der Waals surface area contributed by atoms with Crippen molar-refractivity contribution >= 4 is 5.97 Å². The van der Waals surface area contributed by atoms with Gasteiger partial charge in [-0.15, -0.1) is 6.58 Å². The van der Waals surface area contributed by atoms with Gasteiger partial charge in [-0.2, -0.15) is 0 Å². The van der Waals surface area contributed by atoms with Gasteiger partial charge < -0.3 is 14.2 Å². The molecule has 80 valence electrons. The Labute approximate surface area is 84.1 Å². The number of esters is 1. The van der Waals surface area contributed by atoms with Gasteiger partial charge in [0.05, 0.1) is 6.61 Å². The lowest BCUT2D eigenvalue weighted by atomic mass is 10.4. The first kappa shape index (κ1) is 12.9. The summed E-state index contributed by atoms with van der Waals surface area (Å²) in [7, 11) is 0. The van der Waals surface area contributed by atoms with Crippen molar-refractivity contribution in [2.45, 2.75) is 13.0 Å². The molecule has 0 radical (unpaired) electrons. The van der Waals surface area contributed by atoms with Crippen LogP contribution in [-0.4, -0.2) is 32.1 Å². The Kier molecular flexibility index (Phi) is 7.78. The van der Waals surface area contributed by atoms with E-state index in [1.54, 1.807) is 13.0 Å². The fourth-order valence-corrected chi connectivity index (χ4v) is 0.608. The summed E-state index contributed by atoms with van der Waals surface area (Å²) in [6.45, 7) is 9.14. The third kappa shape index (κ3) is 6.39. The third-order valence-electron chi connectivity index (χ3n) is 1.31. The SMILES string of the molecule is C=CCOCOC(C)C(=O)OCC=C. The number of hydrogen-bond acceptors (Lipinski definition) is 4. The van der Waals surface area contributed by atoms with Crippen LogP contribution in [0.15, 0.2) is 25.3 Å². The van der Waals surface area contributed by atoms with Gasteiger partial charge in [0.1, 0.15) is 13.4 Å². The summed E-state index contributed by atoms with van der Waals surface area (Å²) in [4.78, 5) is 11.1. The van der Waals surface area contributed by atoms with Crippen LogP contribution in [0.5, 0.6) is 0 Å². The van der Waals surface area contributed by atoms with Crippen molar-refractivity contribution in [3.63, 3.8) is 0 Å². The molecule has 0 saturated heterocycles. The van der Waals surface area contributed by atoms with E-state index in [0.29, 0.717) is 6.61 Å². The number of rotatable bonds is 8. The first-order valence-corrected chi connectivity index (χ1v) is 4.30. The molecule has 0 fully saturated rings. The maximum atomic E-state index is 11.1. The normalized spacial score (nSPS) is 11.8. The van der Waals surface area contributed by atoms with Crippen molar-refractivity contribution in [2.75, 3.05) is 20.0 Å². The molecule has 14 heavy (non-hydrogen) atoms. The van der Waals surface area contributed by atoms with E-state index in [2.05, 4.69) is 13.2 Å². The Balaban J connectivity index is 3.50. The Bertz CT molecular complexity index is 189. The molecule has 0 aliphatic heterocycles. The van der Waals surface area contributed by atoms with Crippen LogP contribution in [0.25, 0.3) is 0 Å². The minimum Gasteiger partial charge on any atom is -0.460 e. The van der Waals surface area contributed by atoms with E-state index < -0.39 is 12.1 Å². The topological polar surface area (TPSA) is 44.8 Å². The van der Waals surface area contributed by atoms with E-state index in [9.17, 15) is 4.79 Å². The second kappa shape index (κ2) is 8.47. The Morgan fingerprint density at radius 1 is 1.36 bits per heavy atom. The van der Waals surface area contributed by atoms with E-state index in [0.717, 1.165) is 0 Å². The minimum absolute atomic E-state index is 0.0520. The summed E-state index contributed by atoms with van der Waals surface area (Å²) < 4.78 is 14.7. The predicted molar refractivity (Wildman–Crippen MR) is 52.7 cm³/mol.